The molecule has 4 aromatic carbocycles. The van der Waals surface area contributed by atoms with Gasteiger partial charge in [-0.05, 0) is 96.2 Å². The number of nitrogens with zero attached hydrogens (tertiary/aromatic N) is 1. The van der Waals surface area contributed by atoms with Gasteiger partial charge in [-0.1, -0.05) is 54.1 Å². The fourth-order valence-corrected chi connectivity index (χ4v) is 5.47. The van der Waals surface area contributed by atoms with Crippen LogP contribution in [-0.2, 0) is 11.4 Å². The summed E-state index contributed by atoms with van der Waals surface area (Å²) in [6.07, 6.45) is 1.62. The van der Waals surface area contributed by atoms with Gasteiger partial charge in [0.2, 0.25) is 0 Å². The highest BCUT2D eigenvalue weighted by atomic mass is 79.9. The molecule has 4 aromatic rings. The first-order valence-corrected chi connectivity index (χ1v) is 12.6. The van der Waals surface area contributed by atoms with Crippen molar-refractivity contribution in [2.75, 3.05) is 4.90 Å². The summed E-state index contributed by atoms with van der Waals surface area (Å²) in [5.41, 5.74) is 2.33. The number of hydrogen-bond acceptors (Lipinski definition) is 3. The third-order valence-corrected chi connectivity index (χ3v) is 6.89. The number of urea groups is 1. The number of anilines is 1. The van der Waals surface area contributed by atoms with Crippen LogP contribution in [0.4, 0.5) is 10.5 Å². The van der Waals surface area contributed by atoms with Crippen LogP contribution in [0, 0.1) is 0 Å². The fraction of sp³-hybridized carbons (Fsp3) is 0.0370. The molecule has 0 spiro atoms. The van der Waals surface area contributed by atoms with E-state index in [9.17, 15) is 9.59 Å². The molecule has 0 radical (unpaired) electrons. The summed E-state index contributed by atoms with van der Waals surface area (Å²) in [5.74, 6) is 0.184. The third kappa shape index (κ3) is 4.98. The minimum atomic E-state index is -0.531. The first kappa shape index (κ1) is 23.6. The molecule has 35 heavy (non-hydrogen) atoms. The number of carbonyl (C=O) groups is 2. The largest absolute Gasteiger partial charge is 0.487 e. The van der Waals surface area contributed by atoms with Crippen molar-refractivity contribution in [3.8, 4) is 5.75 Å². The van der Waals surface area contributed by atoms with Gasteiger partial charge in [-0.25, -0.2) is 9.69 Å². The van der Waals surface area contributed by atoms with Gasteiger partial charge in [0.05, 0.1) is 14.6 Å². The Labute approximate surface area is 223 Å². The van der Waals surface area contributed by atoms with Gasteiger partial charge < -0.3 is 10.1 Å². The third-order valence-electron chi connectivity index (χ3n) is 5.47. The van der Waals surface area contributed by atoms with E-state index in [1.165, 1.54) is 5.39 Å². The maximum absolute atomic E-state index is 12.9. The molecule has 0 unspecified atom stereocenters. The Balaban J connectivity index is 1.35. The zero-order chi connectivity index (χ0) is 24.5. The summed E-state index contributed by atoms with van der Waals surface area (Å²) >= 11 is 13.1. The number of fused-ring (bicyclic) bond motifs is 1. The maximum Gasteiger partial charge on any atom is 0.333 e. The van der Waals surface area contributed by atoms with E-state index in [0.717, 1.165) is 15.8 Å². The highest BCUT2D eigenvalue weighted by Gasteiger charge is 2.35. The predicted molar refractivity (Wildman–Crippen MR) is 146 cm³/mol. The second-order valence-corrected chi connectivity index (χ2v) is 10.0. The topological polar surface area (TPSA) is 58.6 Å². The molecule has 1 aliphatic heterocycles. The summed E-state index contributed by atoms with van der Waals surface area (Å²) < 4.78 is 7.50. The molecule has 5 nitrogen and oxygen atoms in total. The van der Waals surface area contributed by atoms with E-state index in [-0.39, 0.29) is 5.70 Å². The van der Waals surface area contributed by atoms with Crippen LogP contribution in [0.2, 0.25) is 5.02 Å². The van der Waals surface area contributed by atoms with E-state index < -0.39 is 11.9 Å². The van der Waals surface area contributed by atoms with Crippen molar-refractivity contribution >= 4 is 77.9 Å². The summed E-state index contributed by atoms with van der Waals surface area (Å²) in [5, 5.41) is 5.40. The summed E-state index contributed by atoms with van der Waals surface area (Å²) in [6, 6.07) is 24.1. The average molecular weight is 613 g/mol. The van der Waals surface area contributed by atoms with Gasteiger partial charge >= 0.3 is 6.03 Å². The Bertz CT molecular complexity index is 1500. The van der Waals surface area contributed by atoms with E-state index in [4.69, 9.17) is 16.3 Å². The van der Waals surface area contributed by atoms with Gasteiger partial charge in [-0.3, -0.25) is 4.79 Å². The van der Waals surface area contributed by atoms with E-state index >= 15 is 0 Å². The molecular weight excluding hydrogens is 596 g/mol. The van der Waals surface area contributed by atoms with E-state index in [1.54, 1.807) is 30.3 Å². The molecule has 0 bridgehead atoms. The molecule has 1 fully saturated rings. The average Bonchev–Trinajstić information content (AvgIpc) is 3.11. The molecule has 174 valence electrons. The maximum atomic E-state index is 12.9. The summed E-state index contributed by atoms with van der Waals surface area (Å²) in [6.45, 7) is 0.394. The summed E-state index contributed by atoms with van der Waals surface area (Å²) in [4.78, 5) is 26.4. The molecular formula is C27H17Br2ClN2O3. The van der Waals surface area contributed by atoms with Crippen LogP contribution in [0.5, 0.6) is 5.75 Å². The molecule has 5 rings (SSSR count). The van der Waals surface area contributed by atoms with Crippen LogP contribution in [0.3, 0.4) is 0 Å². The Hall–Kier alpha value is -3.13. The number of carbonyl (C=O) groups excluding carboxylic acids is 2. The number of ether oxygens (including phenoxy) is 1. The SMILES string of the molecule is O=C1N/C(=C/c2cc(Br)c(OCc3ccc4ccccc4c3)c(Br)c2)C(=O)N1c1cccc(Cl)c1. The molecule has 1 saturated heterocycles. The minimum Gasteiger partial charge on any atom is -0.487 e. The van der Waals surface area contributed by atoms with Crippen LogP contribution in [0.25, 0.3) is 16.8 Å². The second-order valence-electron chi connectivity index (χ2n) is 7.89. The first-order valence-electron chi connectivity index (χ1n) is 10.6. The van der Waals surface area contributed by atoms with Gasteiger partial charge in [-0.2, -0.15) is 0 Å². The fourth-order valence-electron chi connectivity index (χ4n) is 3.84. The number of benzene rings is 4. The van der Waals surface area contributed by atoms with Crippen molar-refractivity contribution in [2.24, 2.45) is 0 Å². The van der Waals surface area contributed by atoms with Crippen molar-refractivity contribution in [1.82, 2.24) is 5.32 Å². The van der Waals surface area contributed by atoms with Gasteiger partial charge in [-0.15, -0.1) is 0 Å². The molecule has 0 aromatic heterocycles. The van der Waals surface area contributed by atoms with Gasteiger partial charge in [0.1, 0.15) is 18.1 Å². The Morgan fingerprint density at radius 3 is 2.37 bits per heavy atom. The molecule has 0 saturated carbocycles. The minimum absolute atomic E-state index is 0.165. The number of halogens is 3. The number of amides is 3. The molecule has 0 aliphatic carbocycles. The lowest BCUT2D eigenvalue weighted by Crippen LogP contribution is -2.30. The molecule has 1 aliphatic rings. The van der Waals surface area contributed by atoms with Gasteiger partial charge in [0.15, 0.2) is 0 Å². The highest BCUT2D eigenvalue weighted by Crippen LogP contribution is 2.36. The number of nitrogens with one attached hydrogen (secondary N) is 1. The number of hydrogen-bond donors (Lipinski definition) is 1. The first-order chi connectivity index (χ1) is 16.9. The molecule has 0 atom stereocenters. The number of imide groups is 1. The lowest BCUT2D eigenvalue weighted by molar-refractivity contribution is -0.113. The van der Waals surface area contributed by atoms with Crippen molar-refractivity contribution < 1.29 is 14.3 Å². The lowest BCUT2D eigenvalue weighted by atomic mass is 10.1. The second kappa shape index (κ2) is 9.85. The van der Waals surface area contributed by atoms with Gasteiger partial charge in [0, 0.05) is 5.02 Å². The van der Waals surface area contributed by atoms with Gasteiger partial charge in [0.25, 0.3) is 5.91 Å². The Morgan fingerprint density at radius 2 is 1.63 bits per heavy atom. The van der Waals surface area contributed by atoms with Crippen molar-refractivity contribution in [3.63, 3.8) is 0 Å². The van der Waals surface area contributed by atoms with Crippen molar-refractivity contribution in [2.45, 2.75) is 6.61 Å². The normalized spacial score (nSPS) is 14.6. The monoisotopic (exact) mass is 610 g/mol. The molecule has 1 N–H and O–H groups in total. The molecule has 3 amide bonds. The standard InChI is InChI=1S/C27H17Br2ClN2O3/c28-22-11-17(13-24-26(33)32(27(34)31-24)21-7-3-6-20(30)14-21)12-23(29)25(22)35-15-16-8-9-18-4-1-2-5-19(18)10-16/h1-14H,15H2,(H,31,34)/b24-13+. The Morgan fingerprint density at radius 1 is 0.886 bits per heavy atom. The predicted octanol–water partition coefficient (Wildman–Crippen LogP) is 7.69. The highest BCUT2D eigenvalue weighted by molar-refractivity contribution is 9.11. The van der Waals surface area contributed by atoms with Crippen molar-refractivity contribution in [1.29, 1.82) is 0 Å². The van der Waals surface area contributed by atoms with E-state index in [1.807, 2.05) is 30.3 Å². The van der Waals surface area contributed by atoms with Crippen LogP contribution in [0.1, 0.15) is 11.1 Å². The van der Waals surface area contributed by atoms with Crippen LogP contribution in [0.15, 0.2) is 93.5 Å². The smallest absolute Gasteiger partial charge is 0.333 e. The van der Waals surface area contributed by atoms with Crippen LogP contribution < -0.4 is 15.0 Å². The number of rotatable bonds is 5. The van der Waals surface area contributed by atoms with E-state index in [0.29, 0.717) is 37.6 Å². The zero-order valence-corrected chi connectivity index (χ0v) is 22.0. The lowest BCUT2D eigenvalue weighted by Gasteiger charge is -2.12. The summed E-state index contributed by atoms with van der Waals surface area (Å²) in [7, 11) is 0. The molecule has 1 heterocycles. The van der Waals surface area contributed by atoms with E-state index in [2.05, 4.69) is 61.4 Å². The molecule has 8 heteroatoms. The van der Waals surface area contributed by atoms with Crippen LogP contribution >= 0.6 is 43.5 Å². The van der Waals surface area contributed by atoms with Crippen LogP contribution in [-0.4, -0.2) is 11.9 Å². The zero-order valence-electron chi connectivity index (χ0n) is 18.1. The Kier molecular flexibility index (Phi) is 6.65. The quantitative estimate of drug-likeness (QED) is 0.186. The van der Waals surface area contributed by atoms with Crippen molar-refractivity contribution in [3.05, 3.63) is 110 Å².